The minimum atomic E-state index is 0.377. The van der Waals surface area contributed by atoms with Crippen molar-refractivity contribution in [2.45, 2.75) is 26.7 Å². The van der Waals surface area contributed by atoms with Crippen LogP contribution in [-0.4, -0.2) is 15.1 Å². The quantitative estimate of drug-likeness (QED) is 0.541. The highest BCUT2D eigenvalue weighted by Gasteiger charge is 2.32. The van der Waals surface area contributed by atoms with Crippen molar-refractivity contribution in [3.05, 3.63) is 39.3 Å². The predicted octanol–water partition coefficient (Wildman–Crippen LogP) is 3.66. The van der Waals surface area contributed by atoms with Crippen molar-refractivity contribution >= 4 is 57.0 Å². The predicted molar refractivity (Wildman–Crippen MR) is 98.1 cm³/mol. The molecule has 0 amide bonds. The fraction of sp³-hybridized carbons (Fsp3) is 0.267. The molecule has 1 fully saturated rings. The van der Waals surface area contributed by atoms with E-state index in [4.69, 9.17) is 29.8 Å². The fourth-order valence-electron chi connectivity index (χ4n) is 2.69. The van der Waals surface area contributed by atoms with Crippen molar-refractivity contribution in [1.82, 2.24) is 10.6 Å². The Hall–Kier alpha value is -1.24. The van der Waals surface area contributed by atoms with Crippen LogP contribution in [0.2, 0.25) is 0 Å². The van der Waals surface area contributed by atoms with E-state index in [2.05, 4.69) is 36.6 Å². The van der Waals surface area contributed by atoms with Crippen LogP contribution < -0.4 is 10.6 Å². The molecule has 0 spiro atoms. The molecule has 2 aliphatic rings. The lowest BCUT2D eigenvalue weighted by Gasteiger charge is -2.14. The van der Waals surface area contributed by atoms with Crippen molar-refractivity contribution in [1.29, 1.82) is 5.41 Å². The summed E-state index contributed by atoms with van der Waals surface area (Å²) in [5, 5.41) is 14.5. The number of nitrogens with one attached hydrogen (secondary N) is 3. The number of benzene rings is 1. The summed E-state index contributed by atoms with van der Waals surface area (Å²) in [5.74, 6) is 0.816. The Morgan fingerprint density at radius 2 is 1.86 bits per heavy atom. The number of fused-ring (bicyclic) bond motifs is 1. The van der Waals surface area contributed by atoms with Crippen LogP contribution in [0, 0.1) is 12.3 Å². The van der Waals surface area contributed by atoms with Crippen molar-refractivity contribution < 1.29 is 0 Å². The van der Waals surface area contributed by atoms with Crippen LogP contribution in [0.15, 0.2) is 17.0 Å². The second-order valence-corrected chi connectivity index (χ2v) is 7.52. The van der Waals surface area contributed by atoms with E-state index in [9.17, 15) is 0 Å². The van der Waals surface area contributed by atoms with Gasteiger partial charge in [-0.05, 0) is 24.0 Å². The minimum absolute atomic E-state index is 0.377. The largest absolute Gasteiger partial charge is 0.339 e. The molecule has 2 heterocycles. The van der Waals surface area contributed by atoms with E-state index in [-0.39, 0.29) is 0 Å². The first-order valence-corrected chi connectivity index (χ1v) is 8.30. The van der Waals surface area contributed by atoms with E-state index in [1.807, 2.05) is 6.92 Å². The van der Waals surface area contributed by atoms with Crippen LogP contribution in [-0.2, 0) is 0 Å². The molecule has 2 aliphatic heterocycles. The van der Waals surface area contributed by atoms with Crippen LogP contribution in [0.1, 0.15) is 42.0 Å². The molecule has 0 atom stereocenters. The lowest BCUT2D eigenvalue weighted by Crippen LogP contribution is -2.19. The summed E-state index contributed by atoms with van der Waals surface area (Å²) >= 11 is 12.0. The van der Waals surface area contributed by atoms with E-state index in [1.165, 1.54) is 17.3 Å². The van der Waals surface area contributed by atoms with E-state index in [0.717, 1.165) is 27.3 Å². The van der Waals surface area contributed by atoms with Crippen LogP contribution in [0.5, 0.6) is 0 Å². The summed E-state index contributed by atoms with van der Waals surface area (Å²) in [6, 6.07) is 4.23. The maximum Gasteiger partial charge on any atom is 0.143 e. The molecule has 3 N–H and O–H groups in total. The monoisotopic (exact) mass is 333 g/mol. The molecule has 3 rings (SSSR count). The van der Waals surface area contributed by atoms with Gasteiger partial charge in [-0.1, -0.05) is 62.2 Å². The number of thiocarbonyl (C=S) groups is 2. The maximum atomic E-state index is 8.27. The number of aryl methyl sites for hydroxylation is 1. The van der Waals surface area contributed by atoms with Crippen molar-refractivity contribution in [2.75, 3.05) is 0 Å². The van der Waals surface area contributed by atoms with Gasteiger partial charge in [-0.2, -0.15) is 0 Å². The molecule has 108 valence electrons. The third-order valence-electron chi connectivity index (χ3n) is 3.66. The molecular formula is C15H15N3S3. The first kappa shape index (κ1) is 14.7. The first-order valence-electron chi connectivity index (χ1n) is 6.67. The highest BCUT2D eigenvalue weighted by atomic mass is 32.2. The van der Waals surface area contributed by atoms with Gasteiger partial charge in [-0.25, -0.2) is 0 Å². The van der Waals surface area contributed by atoms with Gasteiger partial charge in [0.2, 0.25) is 0 Å². The second-order valence-electron chi connectivity index (χ2n) is 5.42. The Morgan fingerprint density at radius 1 is 1.14 bits per heavy atom. The van der Waals surface area contributed by atoms with Gasteiger partial charge in [-0.15, -0.1) is 0 Å². The molecule has 1 aromatic rings. The summed E-state index contributed by atoms with van der Waals surface area (Å²) in [5.41, 5.74) is 5.34. The molecule has 1 saturated heterocycles. The van der Waals surface area contributed by atoms with Gasteiger partial charge in [0.1, 0.15) is 15.1 Å². The molecule has 21 heavy (non-hydrogen) atoms. The lowest BCUT2D eigenvalue weighted by molar-refractivity contribution is 0.861. The number of rotatable bonds is 1. The average Bonchev–Trinajstić information content (AvgIpc) is 2.90. The van der Waals surface area contributed by atoms with E-state index >= 15 is 0 Å². The molecule has 0 radical (unpaired) electrons. The third-order valence-corrected chi connectivity index (χ3v) is 5.35. The van der Waals surface area contributed by atoms with Gasteiger partial charge >= 0.3 is 0 Å². The van der Waals surface area contributed by atoms with E-state index in [0.29, 0.717) is 21.1 Å². The van der Waals surface area contributed by atoms with Crippen molar-refractivity contribution in [3.8, 4) is 0 Å². The Morgan fingerprint density at radius 3 is 2.43 bits per heavy atom. The van der Waals surface area contributed by atoms with Crippen molar-refractivity contribution in [2.24, 2.45) is 0 Å². The Kier molecular flexibility index (Phi) is 3.63. The number of hydrogen-bond acceptors (Lipinski definition) is 4. The standard InChI is InChI=1S/C15H15N3S3/c1-6(2)8-5-4-7(3)9-10(8)11(17-13(9)16)12-14(19)18-15(20)21-12/h4-6H,1-3H3,(H2,16,17)(H,18,19,20). The summed E-state index contributed by atoms with van der Waals surface area (Å²) in [4.78, 5) is 1.57. The van der Waals surface area contributed by atoms with Crippen LogP contribution in [0.3, 0.4) is 0 Å². The SMILES string of the molecule is Cc1ccc(C(C)C)c2c1C(=N)NC2=C1SC(=S)NC1=S. The smallest absolute Gasteiger partial charge is 0.143 e. The first-order chi connectivity index (χ1) is 9.90. The van der Waals surface area contributed by atoms with Crippen LogP contribution in [0.25, 0.3) is 5.70 Å². The molecule has 0 unspecified atom stereocenters. The number of hydrogen-bond donors (Lipinski definition) is 3. The molecule has 0 aliphatic carbocycles. The average molecular weight is 334 g/mol. The number of thioether (sulfide) groups is 1. The highest BCUT2D eigenvalue weighted by molar-refractivity contribution is 8.27. The van der Waals surface area contributed by atoms with E-state index < -0.39 is 0 Å². The minimum Gasteiger partial charge on any atom is -0.339 e. The molecule has 0 bridgehead atoms. The second kappa shape index (κ2) is 5.19. The van der Waals surface area contributed by atoms with Gasteiger partial charge in [0.15, 0.2) is 0 Å². The third kappa shape index (κ3) is 2.31. The molecule has 1 aromatic carbocycles. The zero-order chi connectivity index (χ0) is 15.3. The Bertz CT molecular complexity index is 732. The highest BCUT2D eigenvalue weighted by Crippen LogP contribution is 2.40. The van der Waals surface area contributed by atoms with Crippen LogP contribution in [0.4, 0.5) is 0 Å². The van der Waals surface area contributed by atoms with E-state index in [1.54, 1.807) is 0 Å². The molecule has 0 saturated carbocycles. The Balaban J connectivity index is 2.31. The molecule has 0 aromatic heterocycles. The van der Waals surface area contributed by atoms with Crippen LogP contribution >= 0.6 is 36.2 Å². The summed E-state index contributed by atoms with van der Waals surface area (Å²) in [6.07, 6.45) is 0. The Labute approximate surface area is 139 Å². The molecule has 3 nitrogen and oxygen atoms in total. The summed E-state index contributed by atoms with van der Waals surface area (Å²) < 4.78 is 0.669. The van der Waals surface area contributed by atoms with Gasteiger partial charge in [0, 0.05) is 11.1 Å². The van der Waals surface area contributed by atoms with Gasteiger partial charge in [-0.3, -0.25) is 5.41 Å². The zero-order valence-electron chi connectivity index (χ0n) is 12.0. The molecular weight excluding hydrogens is 318 g/mol. The normalized spacial score (nSPS) is 20.9. The topological polar surface area (TPSA) is 47.9 Å². The fourth-order valence-corrected chi connectivity index (χ4v) is 4.24. The number of amidine groups is 1. The molecule has 6 heteroatoms. The van der Waals surface area contributed by atoms with Gasteiger partial charge < -0.3 is 10.6 Å². The van der Waals surface area contributed by atoms with Crippen molar-refractivity contribution in [3.63, 3.8) is 0 Å². The zero-order valence-corrected chi connectivity index (χ0v) is 14.4. The summed E-state index contributed by atoms with van der Waals surface area (Å²) in [7, 11) is 0. The maximum absolute atomic E-state index is 8.27. The van der Waals surface area contributed by atoms with Gasteiger partial charge in [0.05, 0.1) is 10.6 Å². The summed E-state index contributed by atoms with van der Waals surface area (Å²) in [6.45, 7) is 6.37. The van der Waals surface area contributed by atoms with Gasteiger partial charge in [0.25, 0.3) is 0 Å². The lowest BCUT2D eigenvalue weighted by atomic mass is 9.90.